The lowest BCUT2D eigenvalue weighted by molar-refractivity contribution is 0.970. The number of fused-ring (bicyclic) bond motifs is 1. The number of benzene rings is 1. The molecule has 1 radical (unpaired) electrons. The number of rotatable bonds is 0. The predicted molar refractivity (Wildman–Crippen MR) is 45.4 cm³/mol. The highest BCUT2D eigenvalue weighted by Gasteiger charge is 1.93. The summed E-state index contributed by atoms with van der Waals surface area (Å²) in [5, 5.41) is 9.29. The first-order chi connectivity index (χ1) is 5.36. The smallest absolute Gasteiger partial charge is 0.149 e. The van der Waals surface area contributed by atoms with Gasteiger partial charge in [-0.05, 0) is 12.1 Å². The third-order valence-corrected chi connectivity index (χ3v) is 1.67. The molecule has 0 aliphatic carbocycles. The molecule has 0 aliphatic rings. The molecule has 0 aliphatic heterocycles. The van der Waals surface area contributed by atoms with Gasteiger partial charge < -0.3 is 0 Å². The van der Waals surface area contributed by atoms with Gasteiger partial charge in [0.1, 0.15) is 5.03 Å². The zero-order valence-corrected chi connectivity index (χ0v) is 6.51. The summed E-state index contributed by atoms with van der Waals surface area (Å²) in [6, 6.07) is 9.62. The van der Waals surface area contributed by atoms with E-state index in [-0.39, 0.29) is 0 Å². The van der Waals surface area contributed by atoms with Crippen LogP contribution in [-0.4, -0.2) is 10.2 Å². The second-order valence-corrected chi connectivity index (χ2v) is 2.66. The predicted octanol–water partition coefficient (Wildman–Crippen LogP) is 2.19. The van der Waals surface area contributed by atoms with Crippen LogP contribution in [0.5, 0.6) is 0 Å². The van der Waals surface area contributed by atoms with Crippen molar-refractivity contribution in [2.45, 2.75) is 5.03 Å². The third-order valence-electron chi connectivity index (χ3n) is 1.47. The van der Waals surface area contributed by atoms with Crippen LogP contribution < -0.4 is 0 Å². The molecular weight excluding hydrogens is 156 g/mol. The van der Waals surface area contributed by atoms with Crippen LogP contribution in [0.25, 0.3) is 10.9 Å². The maximum atomic E-state index is 4.87. The van der Waals surface area contributed by atoms with E-state index in [1.54, 1.807) is 0 Å². The van der Waals surface area contributed by atoms with Crippen molar-refractivity contribution in [3.05, 3.63) is 30.3 Å². The molecule has 11 heavy (non-hydrogen) atoms. The van der Waals surface area contributed by atoms with Crippen LogP contribution in [0, 0.1) is 0 Å². The van der Waals surface area contributed by atoms with Crippen molar-refractivity contribution in [3.8, 4) is 0 Å². The molecular formula is C8H5N2S. The molecule has 1 heterocycles. The van der Waals surface area contributed by atoms with Crippen molar-refractivity contribution >= 4 is 23.5 Å². The van der Waals surface area contributed by atoms with Crippen LogP contribution in [0.3, 0.4) is 0 Å². The van der Waals surface area contributed by atoms with Gasteiger partial charge in [-0.2, -0.15) is 0 Å². The van der Waals surface area contributed by atoms with Crippen LogP contribution in [-0.2, 0) is 0 Å². The Morgan fingerprint density at radius 3 is 2.82 bits per heavy atom. The molecule has 0 saturated heterocycles. The molecule has 3 heteroatoms. The van der Waals surface area contributed by atoms with Crippen molar-refractivity contribution in [1.82, 2.24) is 10.2 Å². The van der Waals surface area contributed by atoms with Crippen LogP contribution in [0.15, 0.2) is 35.4 Å². The molecule has 2 rings (SSSR count). The molecule has 1 aromatic heterocycles. The number of nitrogens with zero attached hydrogens (tertiary/aromatic N) is 2. The second-order valence-electron chi connectivity index (χ2n) is 2.24. The number of hydrogen-bond acceptors (Lipinski definition) is 2. The minimum absolute atomic E-state index is 0.545. The van der Waals surface area contributed by atoms with Crippen molar-refractivity contribution in [3.63, 3.8) is 0 Å². The highest BCUT2D eigenvalue weighted by atomic mass is 32.1. The summed E-state index contributed by atoms with van der Waals surface area (Å²) in [7, 11) is 0. The average Bonchev–Trinajstić information content (AvgIpc) is 2.04. The van der Waals surface area contributed by atoms with Gasteiger partial charge in [-0.15, -0.1) is 10.2 Å². The lowest BCUT2D eigenvalue weighted by Gasteiger charge is -1.93. The van der Waals surface area contributed by atoms with Gasteiger partial charge >= 0.3 is 0 Å². The summed E-state index contributed by atoms with van der Waals surface area (Å²) in [5.74, 6) is 0. The highest BCUT2D eigenvalue weighted by molar-refractivity contribution is 7.80. The Labute approximate surface area is 69.7 Å². The Bertz CT molecular complexity index is 387. The Morgan fingerprint density at radius 1 is 1.09 bits per heavy atom. The maximum absolute atomic E-state index is 4.87. The lowest BCUT2D eigenvalue weighted by Crippen LogP contribution is -1.83. The molecule has 1 aromatic carbocycles. The van der Waals surface area contributed by atoms with Crippen LogP contribution in [0.4, 0.5) is 0 Å². The SMILES string of the molecule is [S]c1cc2ccccc2nn1. The van der Waals surface area contributed by atoms with E-state index in [2.05, 4.69) is 10.2 Å². The van der Waals surface area contributed by atoms with E-state index in [4.69, 9.17) is 12.6 Å². The average molecular weight is 161 g/mol. The van der Waals surface area contributed by atoms with Gasteiger partial charge in [-0.3, -0.25) is 0 Å². The van der Waals surface area contributed by atoms with Gasteiger partial charge in [0.05, 0.1) is 5.52 Å². The van der Waals surface area contributed by atoms with E-state index in [0.717, 1.165) is 10.9 Å². The molecule has 0 bridgehead atoms. The first-order valence-electron chi connectivity index (χ1n) is 3.26. The topological polar surface area (TPSA) is 25.8 Å². The van der Waals surface area contributed by atoms with Crippen molar-refractivity contribution in [1.29, 1.82) is 0 Å². The Balaban J connectivity index is 2.83. The van der Waals surface area contributed by atoms with E-state index in [1.165, 1.54) is 0 Å². The fourth-order valence-corrected chi connectivity index (χ4v) is 1.13. The molecule has 0 spiro atoms. The zero-order valence-electron chi connectivity index (χ0n) is 5.69. The third kappa shape index (κ3) is 1.14. The summed E-state index contributed by atoms with van der Waals surface area (Å²) in [4.78, 5) is 0. The minimum Gasteiger partial charge on any atom is -0.149 e. The molecule has 2 nitrogen and oxygen atoms in total. The van der Waals surface area contributed by atoms with Crippen molar-refractivity contribution in [2.24, 2.45) is 0 Å². The summed E-state index contributed by atoms with van der Waals surface area (Å²) >= 11 is 4.87. The first kappa shape index (κ1) is 6.49. The summed E-state index contributed by atoms with van der Waals surface area (Å²) in [5.41, 5.74) is 0.890. The molecule has 2 aromatic rings. The minimum atomic E-state index is 0.545. The second kappa shape index (κ2) is 2.43. The van der Waals surface area contributed by atoms with Crippen molar-refractivity contribution in [2.75, 3.05) is 0 Å². The molecule has 0 saturated carbocycles. The summed E-state index contributed by atoms with van der Waals surface area (Å²) in [6.07, 6.45) is 0. The Hall–Kier alpha value is -1.22. The number of hydrogen-bond donors (Lipinski definition) is 0. The largest absolute Gasteiger partial charge is 0.149 e. The molecule has 0 fully saturated rings. The van der Waals surface area contributed by atoms with Crippen LogP contribution in [0.2, 0.25) is 0 Å². The Kier molecular flexibility index (Phi) is 1.43. The summed E-state index contributed by atoms with van der Waals surface area (Å²) in [6.45, 7) is 0. The van der Waals surface area contributed by atoms with Crippen LogP contribution in [0.1, 0.15) is 0 Å². The van der Waals surface area contributed by atoms with E-state index < -0.39 is 0 Å². The number of aromatic nitrogens is 2. The van der Waals surface area contributed by atoms with E-state index in [9.17, 15) is 0 Å². The van der Waals surface area contributed by atoms with Crippen molar-refractivity contribution < 1.29 is 0 Å². The normalized spacial score (nSPS) is 10.2. The fourth-order valence-electron chi connectivity index (χ4n) is 0.966. The van der Waals surface area contributed by atoms with E-state index >= 15 is 0 Å². The zero-order chi connectivity index (χ0) is 7.68. The van der Waals surface area contributed by atoms with Gasteiger partial charge in [0.2, 0.25) is 0 Å². The summed E-state index contributed by atoms with van der Waals surface area (Å²) < 4.78 is 0. The van der Waals surface area contributed by atoms with Gasteiger partial charge in [0, 0.05) is 5.39 Å². The molecule has 0 unspecified atom stereocenters. The van der Waals surface area contributed by atoms with Crippen LogP contribution >= 0.6 is 12.6 Å². The fraction of sp³-hybridized carbons (Fsp3) is 0. The monoisotopic (exact) mass is 161 g/mol. The van der Waals surface area contributed by atoms with E-state index in [0.29, 0.717) is 5.03 Å². The maximum Gasteiger partial charge on any atom is 0.149 e. The standard InChI is InChI=1S/C8H5N2S/c11-8-5-6-3-1-2-4-7(6)9-10-8/h1-5H. The van der Waals surface area contributed by atoms with Gasteiger partial charge in [0.25, 0.3) is 0 Å². The highest BCUT2D eigenvalue weighted by Crippen LogP contribution is 2.11. The van der Waals surface area contributed by atoms with Gasteiger partial charge in [0.15, 0.2) is 0 Å². The quantitative estimate of drug-likeness (QED) is 0.592. The molecule has 0 atom stereocenters. The van der Waals surface area contributed by atoms with E-state index in [1.807, 2.05) is 30.3 Å². The Morgan fingerprint density at radius 2 is 1.91 bits per heavy atom. The molecule has 0 amide bonds. The molecule has 0 N–H and O–H groups in total. The lowest BCUT2D eigenvalue weighted by atomic mass is 10.2. The molecule has 53 valence electrons. The first-order valence-corrected chi connectivity index (χ1v) is 3.66. The van der Waals surface area contributed by atoms with Gasteiger partial charge in [-0.25, -0.2) is 0 Å². The van der Waals surface area contributed by atoms with Gasteiger partial charge in [-0.1, -0.05) is 30.8 Å².